The Labute approximate surface area is 209 Å². The van der Waals surface area contributed by atoms with E-state index in [2.05, 4.69) is 95.2 Å². The van der Waals surface area contributed by atoms with Gasteiger partial charge >= 0.3 is 0 Å². The lowest BCUT2D eigenvalue weighted by Gasteiger charge is -2.44. The molecule has 0 aliphatic rings. The van der Waals surface area contributed by atoms with E-state index in [1.165, 1.54) is 16.7 Å². The number of phenols is 2. The summed E-state index contributed by atoms with van der Waals surface area (Å²) >= 11 is 0. The van der Waals surface area contributed by atoms with Crippen LogP contribution in [0, 0.1) is 0 Å². The quantitative estimate of drug-likeness (QED) is 0.386. The van der Waals surface area contributed by atoms with Gasteiger partial charge in [0, 0.05) is 11.1 Å². The van der Waals surface area contributed by atoms with Crippen molar-refractivity contribution in [3.63, 3.8) is 0 Å². The van der Waals surface area contributed by atoms with Crippen LogP contribution in [0.4, 0.5) is 0 Å². The van der Waals surface area contributed by atoms with E-state index in [4.69, 9.17) is 0 Å². The summed E-state index contributed by atoms with van der Waals surface area (Å²) in [6, 6.07) is 7.70. The second-order valence-corrected chi connectivity index (χ2v) is 12.7. The molecule has 0 saturated carbocycles. The fraction of sp³-hybridized carbons (Fsp3) is 0.625. The Hall–Kier alpha value is -1.96. The lowest BCUT2D eigenvalue weighted by molar-refractivity contribution is 0.375. The normalized spacial score (nSPS) is 13.4. The lowest BCUT2D eigenvalue weighted by Crippen LogP contribution is -2.33. The molecule has 2 heteroatoms. The van der Waals surface area contributed by atoms with Gasteiger partial charge in [-0.15, -0.1) is 0 Å². The summed E-state index contributed by atoms with van der Waals surface area (Å²) in [4.78, 5) is 0. The predicted octanol–water partition coefficient (Wildman–Crippen LogP) is 9.52. The van der Waals surface area contributed by atoms with Gasteiger partial charge in [-0.2, -0.15) is 0 Å². The van der Waals surface area contributed by atoms with Crippen LogP contribution >= 0.6 is 0 Å². The van der Waals surface area contributed by atoms with Gasteiger partial charge in [-0.1, -0.05) is 95.2 Å². The Balaban J connectivity index is 3.44. The number of hydrogen-bond acceptors (Lipinski definition) is 2. The van der Waals surface area contributed by atoms with E-state index in [1.807, 2.05) is 0 Å². The van der Waals surface area contributed by atoms with Crippen molar-refractivity contribution in [1.82, 2.24) is 0 Å². The maximum absolute atomic E-state index is 12.3. The van der Waals surface area contributed by atoms with Crippen LogP contribution < -0.4 is 0 Å². The van der Waals surface area contributed by atoms with Crippen LogP contribution in [0.3, 0.4) is 0 Å². The molecule has 0 heterocycles. The molecule has 0 bridgehead atoms. The molecule has 0 spiro atoms. The summed E-state index contributed by atoms with van der Waals surface area (Å²) in [5, 5.41) is 22.4. The summed E-state index contributed by atoms with van der Waals surface area (Å²) in [6.07, 6.45) is 3.80. The molecule has 0 unspecified atom stereocenters. The molecule has 34 heavy (non-hydrogen) atoms. The maximum Gasteiger partial charge on any atom is 0.123 e. The molecule has 2 rings (SSSR count). The average Bonchev–Trinajstić information content (AvgIpc) is 2.78. The van der Waals surface area contributed by atoms with Crippen LogP contribution in [0.5, 0.6) is 11.5 Å². The number of benzene rings is 2. The smallest absolute Gasteiger partial charge is 0.123 e. The topological polar surface area (TPSA) is 40.5 Å². The number of phenolic OH excluding ortho intramolecular Hbond substituents is 2. The summed E-state index contributed by atoms with van der Waals surface area (Å²) in [7, 11) is 0. The molecule has 2 aromatic rings. The SMILES string of the molecule is CCC(C)(C)c1c(O)c(C(C)(C)CC)c(C(C)(C)CC)c(-c2ccc(O)cc2)c1C(C)(C)CC. The summed E-state index contributed by atoms with van der Waals surface area (Å²) in [5.74, 6) is 0.771. The van der Waals surface area contributed by atoms with E-state index in [0.29, 0.717) is 5.75 Å². The highest BCUT2D eigenvalue weighted by molar-refractivity contribution is 5.81. The molecular weight excluding hydrogens is 416 g/mol. The van der Waals surface area contributed by atoms with Crippen LogP contribution in [0.1, 0.15) is 131 Å². The highest BCUT2D eigenvalue weighted by Crippen LogP contribution is 2.56. The Morgan fingerprint density at radius 3 is 1.09 bits per heavy atom. The molecular formula is C32H50O2. The third kappa shape index (κ3) is 4.88. The monoisotopic (exact) mass is 466 g/mol. The van der Waals surface area contributed by atoms with Gasteiger partial charge < -0.3 is 10.2 Å². The first kappa shape index (κ1) is 28.3. The lowest BCUT2D eigenvalue weighted by atomic mass is 9.60. The van der Waals surface area contributed by atoms with Crippen LogP contribution in [0.25, 0.3) is 11.1 Å². The van der Waals surface area contributed by atoms with Crippen LogP contribution in [0.15, 0.2) is 24.3 Å². The maximum atomic E-state index is 12.3. The van der Waals surface area contributed by atoms with Crippen molar-refractivity contribution < 1.29 is 10.2 Å². The zero-order chi connectivity index (χ0) is 26.3. The van der Waals surface area contributed by atoms with Gasteiger partial charge in [-0.25, -0.2) is 0 Å². The van der Waals surface area contributed by atoms with Crippen molar-refractivity contribution >= 4 is 0 Å². The summed E-state index contributed by atoms with van der Waals surface area (Å²) in [5.41, 5.74) is 6.43. The van der Waals surface area contributed by atoms with Gasteiger partial charge in [0.15, 0.2) is 0 Å². The van der Waals surface area contributed by atoms with Crippen molar-refractivity contribution in [2.75, 3.05) is 0 Å². The third-order valence-corrected chi connectivity index (χ3v) is 8.87. The van der Waals surface area contributed by atoms with E-state index in [0.717, 1.165) is 42.4 Å². The van der Waals surface area contributed by atoms with Crippen molar-refractivity contribution in [1.29, 1.82) is 0 Å². The molecule has 0 aliphatic heterocycles. The van der Waals surface area contributed by atoms with Gasteiger partial charge in [0.25, 0.3) is 0 Å². The largest absolute Gasteiger partial charge is 0.508 e. The van der Waals surface area contributed by atoms with Gasteiger partial charge in [0.2, 0.25) is 0 Å². The highest BCUT2D eigenvalue weighted by atomic mass is 16.3. The predicted molar refractivity (Wildman–Crippen MR) is 148 cm³/mol. The van der Waals surface area contributed by atoms with Crippen molar-refractivity contribution in [3.8, 4) is 22.6 Å². The van der Waals surface area contributed by atoms with Gasteiger partial charge in [0.1, 0.15) is 11.5 Å². The molecule has 0 amide bonds. The zero-order valence-electron chi connectivity index (χ0n) is 24.0. The Bertz CT molecular complexity index is 947. The molecule has 190 valence electrons. The van der Waals surface area contributed by atoms with Crippen molar-refractivity contribution in [3.05, 3.63) is 46.5 Å². The van der Waals surface area contributed by atoms with Crippen LogP contribution in [-0.4, -0.2) is 10.2 Å². The average molecular weight is 467 g/mol. The molecule has 0 fully saturated rings. The second-order valence-electron chi connectivity index (χ2n) is 12.7. The molecule has 2 aromatic carbocycles. The van der Waals surface area contributed by atoms with Gasteiger partial charge in [0.05, 0.1) is 0 Å². The summed E-state index contributed by atoms with van der Waals surface area (Å²) < 4.78 is 0. The minimum atomic E-state index is -0.189. The first-order chi connectivity index (χ1) is 15.5. The van der Waals surface area contributed by atoms with Crippen molar-refractivity contribution in [2.45, 2.75) is 130 Å². The molecule has 2 nitrogen and oxygen atoms in total. The van der Waals surface area contributed by atoms with Gasteiger partial charge in [-0.05, 0) is 81.7 Å². The Kier molecular flexibility index (Phi) is 7.98. The number of rotatable bonds is 9. The van der Waals surface area contributed by atoms with Crippen LogP contribution in [0.2, 0.25) is 0 Å². The second kappa shape index (κ2) is 9.59. The van der Waals surface area contributed by atoms with E-state index < -0.39 is 0 Å². The number of hydrogen-bond donors (Lipinski definition) is 2. The molecule has 0 aliphatic carbocycles. The fourth-order valence-electron chi connectivity index (χ4n) is 5.03. The number of aromatic hydroxyl groups is 2. The van der Waals surface area contributed by atoms with Crippen LogP contribution in [-0.2, 0) is 21.7 Å². The standard InChI is InChI=1S/C32H50O2/c1-13-29(5,6)24-23(21-17-19-22(33)20-18-21)25(30(7,8)14-2)27(32(11,12)16-4)28(34)26(24)31(9,10)15-3/h17-20,33-34H,13-16H2,1-12H3. The minimum Gasteiger partial charge on any atom is -0.508 e. The zero-order valence-corrected chi connectivity index (χ0v) is 24.0. The van der Waals surface area contributed by atoms with E-state index >= 15 is 0 Å². The fourth-order valence-corrected chi connectivity index (χ4v) is 5.03. The van der Waals surface area contributed by atoms with E-state index in [-0.39, 0.29) is 27.4 Å². The Morgan fingerprint density at radius 2 is 0.794 bits per heavy atom. The molecule has 0 saturated heterocycles. The minimum absolute atomic E-state index is 0.139. The van der Waals surface area contributed by atoms with Gasteiger partial charge in [-0.3, -0.25) is 0 Å². The molecule has 0 radical (unpaired) electrons. The molecule has 0 atom stereocenters. The van der Waals surface area contributed by atoms with E-state index in [1.54, 1.807) is 12.1 Å². The first-order valence-corrected chi connectivity index (χ1v) is 13.3. The highest BCUT2D eigenvalue weighted by Gasteiger charge is 2.43. The summed E-state index contributed by atoms with van der Waals surface area (Å²) in [6.45, 7) is 27.3. The van der Waals surface area contributed by atoms with E-state index in [9.17, 15) is 10.2 Å². The van der Waals surface area contributed by atoms with Crippen molar-refractivity contribution in [2.24, 2.45) is 0 Å². The third-order valence-electron chi connectivity index (χ3n) is 8.87. The molecule has 0 aromatic heterocycles. The molecule has 2 N–H and O–H groups in total. The first-order valence-electron chi connectivity index (χ1n) is 13.3. The Morgan fingerprint density at radius 1 is 0.500 bits per heavy atom.